The van der Waals surface area contributed by atoms with E-state index >= 15 is 0 Å². The van der Waals surface area contributed by atoms with Crippen molar-refractivity contribution < 1.29 is 18.0 Å². The van der Waals surface area contributed by atoms with E-state index in [0.29, 0.717) is 13.2 Å². The molecule has 0 spiro atoms. The highest BCUT2D eigenvalue weighted by atomic mass is 28.4. The van der Waals surface area contributed by atoms with E-state index in [1.807, 2.05) is 6.07 Å². The second kappa shape index (κ2) is 10.3. The summed E-state index contributed by atoms with van der Waals surface area (Å²) < 4.78 is 26.1. The minimum absolute atomic E-state index is 0.268. The molecule has 0 bridgehead atoms. The lowest BCUT2D eigenvalue weighted by Crippen LogP contribution is -2.42. The fourth-order valence-corrected chi connectivity index (χ4v) is 7.43. The molecule has 0 amide bonds. The van der Waals surface area contributed by atoms with E-state index in [0.717, 1.165) is 61.8 Å². The second-order valence-corrected chi connectivity index (χ2v) is 20.5. The SMILES string of the molecule is C[Si](C)(C)OC(c1ccccc1)c1nc(C2(O[Si](C)(C)C)CCCCC2)oc1N1CCOCC1. The van der Waals surface area contributed by atoms with Crippen molar-refractivity contribution in [3.8, 4) is 0 Å². The van der Waals surface area contributed by atoms with E-state index in [9.17, 15) is 0 Å². The highest BCUT2D eigenvalue weighted by molar-refractivity contribution is 6.70. The highest BCUT2D eigenvalue weighted by Crippen LogP contribution is 2.46. The first kappa shape index (κ1) is 25.6. The maximum atomic E-state index is 6.90. The topological polar surface area (TPSA) is 57.0 Å². The molecule has 1 atom stereocenters. The van der Waals surface area contributed by atoms with Gasteiger partial charge >= 0.3 is 0 Å². The number of ether oxygens (including phenoxy) is 1. The number of benzene rings is 1. The molecule has 1 unspecified atom stereocenters. The van der Waals surface area contributed by atoms with Crippen LogP contribution >= 0.6 is 0 Å². The summed E-state index contributed by atoms with van der Waals surface area (Å²) in [6, 6.07) is 10.5. The maximum Gasteiger partial charge on any atom is 0.228 e. The second-order valence-electron chi connectivity index (χ2n) is 11.6. The van der Waals surface area contributed by atoms with Crippen molar-refractivity contribution in [1.29, 1.82) is 0 Å². The number of hydrogen-bond donors (Lipinski definition) is 0. The van der Waals surface area contributed by atoms with Gasteiger partial charge in [-0.1, -0.05) is 49.6 Å². The van der Waals surface area contributed by atoms with Crippen LogP contribution in [0.4, 0.5) is 5.88 Å². The van der Waals surface area contributed by atoms with Gasteiger partial charge in [0.1, 0.15) is 17.4 Å². The zero-order valence-corrected chi connectivity index (χ0v) is 23.9. The van der Waals surface area contributed by atoms with Crippen LogP contribution in [-0.2, 0) is 19.2 Å². The fourth-order valence-electron chi connectivity index (χ4n) is 5.01. The van der Waals surface area contributed by atoms with Gasteiger partial charge in [-0.3, -0.25) is 0 Å². The molecule has 34 heavy (non-hydrogen) atoms. The third-order valence-electron chi connectivity index (χ3n) is 6.31. The molecule has 2 heterocycles. The molecule has 8 heteroatoms. The number of nitrogens with zero attached hydrogens (tertiary/aromatic N) is 2. The molecule has 2 aliphatic rings. The van der Waals surface area contributed by atoms with E-state index in [1.165, 1.54) is 6.42 Å². The van der Waals surface area contributed by atoms with Crippen molar-refractivity contribution in [3.05, 3.63) is 47.5 Å². The van der Waals surface area contributed by atoms with Crippen molar-refractivity contribution in [1.82, 2.24) is 4.98 Å². The predicted octanol–water partition coefficient (Wildman–Crippen LogP) is 6.46. The molecule has 4 rings (SSSR count). The van der Waals surface area contributed by atoms with Crippen molar-refractivity contribution in [3.63, 3.8) is 0 Å². The Hall–Kier alpha value is -1.46. The quantitative estimate of drug-likeness (QED) is 0.386. The fraction of sp³-hybridized carbons (Fsp3) is 0.654. The molecule has 1 saturated carbocycles. The van der Waals surface area contributed by atoms with E-state index in [1.54, 1.807) is 0 Å². The van der Waals surface area contributed by atoms with Gasteiger partial charge in [-0.25, -0.2) is 4.98 Å². The van der Waals surface area contributed by atoms with Crippen LogP contribution in [0, 0.1) is 0 Å². The monoisotopic (exact) mass is 502 g/mol. The molecule has 1 aromatic heterocycles. The van der Waals surface area contributed by atoms with E-state index in [4.69, 9.17) is 23.0 Å². The smallest absolute Gasteiger partial charge is 0.228 e. The normalized spacial score (nSPS) is 20.4. The molecule has 1 aliphatic carbocycles. The van der Waals surface area contributed by atoms with Crippen molar-refractivity contribution in [2.24, 2.45) is 0 Å². The first-order valence-electron chi connectivity index (χ1n) is 12.8. The minimum Gasteiger partial charge on any atom is -0.422 e. The first-order valence-corrected chi connectivity index (χ1v) is 19.6. The zero-order chi connectivity index (χ0) is 24.4. The van der Waals surface area contributed by atoms with Crippen LogP contribution in [0.15, 0.2) is 34.7 Å². The van der Waals surface area contributed by atoms with Crippen LogP contribution in [0.25, 0.3) is 0 Å². The third-order valence-corrected chi connectivity index (χ3v) is 8.25. The molecular formula is C26H42N2O4Si2. The lowest BCUT2D eigenvalue weighted by Gasteiger charge is -2.39. The zero-order valence-electron chi connectivity index (χ0n) is 21.9. The van der Waals surface area contributed by atoms with Gasteiger partial charge in [0, 0.05) is 13.1 Å². The molecule has 1 aromatic carbocycles. The Morgan fingerprint density at radius 2 is 1.56 bits per heavy atom. The molecule has 2 aromatic rings. The summed E-state index contributed by atoms with van der Waals surface area (Å²) in [6.45, 7) is 16.4. The van der Waals surface area contributed by atoms with Gasteiger partial charge < -0.3 is 22.9 Å². The highest BCUT2D eigenvalue weighted by Gasteiger charge is 2.45. The Kier molecular flexibility index (Phi) is 7.74. The van der Waals surface area contributed by atoms with Crippen LogP contribution in [0.5, 0.6) is 0 Å². The van der Waals surface area contributed by atoms with Gasteiger partial charge in [0.25, 0.3) is 0 Å². The Balaban J connectivity index is 1.84. The van der Waals surface area contributed by atoms with Crippen LogP contribution in [0.1, 0.15) is 55.4 Å². The van der Waals surface area contributed by atoms with Gasteiger partial charge in [0.2, 0.25) is 11.8 Å². The minimum atomic E-state index is -1.89. The van der Waals surface area contributed by atoms with E-state index < -0.39 is 22.2 Å². The van der Waals surface area contributed by atoms with E-state index in [-0.39, 0.29) is 6.10 Å². The van der Waals surface area contributed by atoms with Crippen LogP contribution in [-0.4, -0.2) is 47.9 Å². The summed E-state index contributed by atoms with van der Waals surface area (Å²) >= 11 is 0. The number of morpholine rings is 1. The van der Waals surface area contributed by atoms with Gasteiger partial charge in [0.15, 0.2) is 16.6 Å². The Morgan fingerprint density at radius 1 is 0.912 bits per heavy atom. The molecular weight excluding hydrogens is 460 g/mol. The summed E-state index contributed by atoms with van der Waals surface area (Å²) in [5, 5.41) is 0. The summed E-state index contributed by atoms with van der Waals surface area (Å²) in [5.74, 6) is 1.57. The van der Waals surface area contributed by atoms with Crippen LogP contribution in [0.3, 0.4) is 0 Å². The number of hydrogen-bond acceptors (Lipinski definition) is 6. The van der Waals surface area contributed by atoms with Gasteiger partial charge in [-0.2, -0.15) is 0 Å². The van der Waals surface area contributed by atoms with Gasteiger partial charge in [-0.15, -0.1) is 0 Å². The number of oxazole rings is 1. The summed E-state index contributed by atoms with van der Waals surface area (Å²) in [7, 11) is -3.73. The molecule has 0 N–H and O–H groups in total. The standard InChI is InChI=1S/C26H42N2O4Si2/c1-33(2,3)31-23(21-13-9-7-10-14-21)22-24(28-17-19-29-20-18-28)30-25(27-22)26(32-34(4,5)6)15-11-8-12-16-26/h7,9-10,13-14,23H,8,11-12,15-20H2,1-6H3. The Morgan fingerprint density at radius 3 is 2.15 bits per heavy atom. The van der Waals surface area contributed by atoms with Crippen LogP contribution in [0.2, 0.25) is 39.3 Å². The maximum absolute atomic E-state index is 6.90. The predicted molar refractivity (Wildman–Crippen MR) is 141 cm³/mol. The van der Waals surface area contributed by atoms with Crippen LogP contribution < -0.4 is 4.90 Å². The summed E-state index contributed by atoms with van der Waals surface area (Å²) in [5.41, 5.74) is 1.56. The largest absolute Gasteiger partial charge is 0.422 e. The molecule has 0 radical (unpaired) electrons. The number of anilines is 1. The third kappa shape index (κ3) is 6.21. The number of aromatic nitrogens is 1. The van der Waals surface area contributed by atoms with Crippen molar-refractivity contribution in [2.75, 3.05) is 31.2 Å². The molecule has 188 valence electrons. The summed E-state index contributed by atoms with van der Waals surface area (Å²) in [4.78, 5) is 7.55. The lowest BCUT2D eigenvalue weighted by molar-refractivity contribution is -0.00626. The molecule has 2 fully saturated rings. The molecule has 1 saturated heterocycles. The lowest BCUT2D eigenvalue weighted by atomic mass is 9.85. The number of rotatable bonds is 8. The average molecular weight is 503 g/mol. The first-order chi connectivity index (χ1) is 16.1. The molecule has 6 nitrogen and oxygen atoms in total. The molecule has 1 aliphatic heterocycles. The van der Waals surface area contributed by atoms with Crippen molar-refractivity contribution >= 4 is 22.5 Å². The van der Waals surface area contributed by atoms with E-state index in [2.05, 4.69) is 68.4 Å². The van der Waals surface area contributed by atoms with Crippen molar-refractivity contribution in [2.45, 2.75) is 83.1 Å². The Labute approximate surface area is 207 Å². The van der Waals surface area contributed by atoms with Gasteiger partial charge in [0.05, 0.1) is 13.2 Å². The van der Waals surface area contributed by atoms with Gasteiger partial charge in [-0.05, 0) is 57.7 Å². The Bertz CT molecular complexity index is 925. The summed E-state index contributed by atoms with van der Waals surface area (Å²) in [6.07, 6.45) is 5.18. The average Bonchev–Trinajstić information content (AvgIpc) is 3.24.